The first-order valence-corrected chi connectivity index (χ1v) is 7.76. The van der Waals surface area contributed by atoms with Gasteiger partial charge in [-0.25, -0.2) is 9.97 Å². The molecular weight excluding hydrogens is 310 g/mol. The third-order valence-corrected chi connectivity index (χ3v) is 3.91. The summed E-state index contributed by atoms with van der Waals surface area (Å²) in [5.74, 6) is 1.24. The molecule has 0 radical (unpaired) electrons. The smallest absolute Gasteiger partial charge is 0.274 e. The van der Waals surface area contributed by atoms with Crippen LogP contribution in [0.3, 0.4) is 0 Å². The van der Waals surface area contributed by atoms with Crippen LogP contribution < -0.4 is 5.32 Å². The molecule has 3 heterocycles. The molecule has 1 aliphatic heterocycles. The number of nitrogens with zero attached hydrogens (tertiary/aromatic N) is 4. The van der Waals surface area contributed by atoms with Crippen LogP contribution >= 0.6 is 0 Å². The second-order valence-corrected chi connectivity index (χ2v) is 5.52. The average Bonchev–Trinajstić information content (AvgIpc) is 3.13. The zero-order valence-electron chi connectivity index (χ0n) is 13.4. The van der Waals surface area contributed by atoms with E-state index < -0.39 is 0 Å². The van der Waals surface area contributed by atoms with Crippen LogP contribution in [0.5, 0.6) is 0 Å². The summed E-state index contributed by atoms with van der Waals surface area (Å²) in [6.45, 7) is 4.17. The van der Waals surface area contributed by atoms with E-state index in [1.165, 1.54) is 19.3 Å². The molecule has 0 saturated carbocycles. The van der Waals surface area contributed by atoms with Gasteiger partial charge >= 0.3 is 0 Å². The first kappa shape index (κ1) is 16.0. The van der Waals surface area contributed by atoms with Crippen LogP contribution in [0.1, 0.15) is 23.2 Å². The number of hydrogen-bond acceptors (Lipinski definition) is 6. The van der Waals surface area contributed by atoms with Crippen molar-refractivity contribution in [3.8, 4) is 0 Å². The molecule has 1 saturated heterocycles. The van der Waals surface area contributed by atoms with Gasteiger partial charge in [0.05, 0.1) is 25.2 Å². The van der Waals surface area contributed by atoms with Crippen LogP contribution in [0.2, 0.25) is 0 Å². The van der Waals surface area contributed by atoms with E-state index in [4.69, 9.17) is 4.42 Å². The Labute approximate surface area is 139 Å². The van der Waals surface area contributed by atoms with Gasteiger partial charge in [0.25, 0.3) is 5.91 Å². The van der Waals surface area contributed by atoms with E-state index in [2.05, 4.69) is 15.3 Å². The van der Waals surface area contributed by atoms with Crippen LogP contribution in [0.15, 0.2) is 35.2 Å². The fourth-order valence-electron chi connectivity index (χ4n) is 2.51. The van der Waals surface area contributed by atoms with Crippen LogP contribution in [-0.2, 0) is 11.3 Å². The van der Waals surface area contributed by atoms with Crippen molar-refractivity contribution in [1.29, 1.82) is 0 Å². The van der Waals surface area contributed by atoms with Gasteiger partial charge in [0.2, 0.25) is 5.91 Å². The molecule has 1 N–H and O–H groups in total. The normalized spacial score (nSPS) is 14.5. The predicted molar refractivity (Wildman–Crippen MR) is 86.2 cm³/mol. The Kier molecular flexibility index (Phi) is 4.74. The lowest BCUT2D eigenvalue weighted by Crippen LogP contribution is -2.50. The van der Waals surface area contributed by atoms with E-state index in [9.17, 15) is 9.59 Å². The summed E-state index contributed by atoms with van der Waals surface area (Å²) in [6, 6.07) is 3.68. The number of carbonyl (C=O) groups is 2. The van der Waals surface area contributed by atoms with Crippen molar-refractivity contribution >= 4 is 17.6 Å². The molecular formula is C16H19N5O3. The lowest BCUT2D eigenvalue weighted by atomic mass is 10.3. The van der Waals surface area contributed by atoms with Crippen molar-refractivity contribution in [3.05, 3.63) is 42.2 Å². The topological polar surface area (TPSA) is 91.6 Å². The summed E-state index contributed by atoms with van der Waals surface area (Å²) >= 11 is 0. The van der Waals surface area contributed by atoms with Gasteiger partial charge < -0.3 is 19.5 Å². The molecule has 8 heteroatoms. The first-order valence-electron chi connectivity index (χ1n) is 7.76. The zero-order valence-corrected chi connectivity index (χ0v) is 13.4. The van der Waals surface area contributed by atoms with Gasteiger partial charge in [-0.15, -0.1) is 0 Å². The van der Waals surface area contributed by atoms with Gasteiger partial charge in [-0.2, -0.15) is 0 Å². The Morgan fingerprint density at radius 1 is 1.17 bits per heavy atom. The predicted octanol–water partition coefficient (Wildman–Crippen LogP) is 0.986. The Morgan fingerprint density at radius 3 is 2.50 bits per heavy atom. The van der Waals surface area contributed by atoms with E-state index in [0.29, 0.717) is 44.2 Å². The molecule has 8 nitrogen and oxygen atoms in total. The SMILES string of the molecule is CC(=O)N1CCN(C(=O)c2cnc(NCc3ccco3)cn2)CC1. The second-order valence-electron chi connectivity index (χ2n) is 5.52. The second kappa shape index (κ2) is 7.12. The highest BCUT2D eigenvalue weighted by atomic mass is 16.3. The number of amides is 2. The van der Waals surface area contributed by atoms with Gasteiger partial charge in [-0.1, -0.05) is 0 Å². The monoisotopic (exact) mass is 329 g/mol. The van der Waals surface area contributed by atoms with Crippen molar-refractivity contribution in [1.82, 2.24) is 19.8 Å². The number of hydrogen-bond donors (Lipinski definition) is 1. The molecule has 24 heavy (non-hydrogen) atoms. The zero-order chi connectivity index (χ0) is 16.9. The quantitative estimate of drug-likeness (QED) is 0.899. The molecule has 126 valence electrons. The largest absolute Gasteiger partial charge is 0.467 e. The van der Waals surface area contributed by atoms with Crippen molar-refractivity contribution < 1.29 is 14.0 Å². The molecule has 2 aromatic heterocycles. The summed E-state index contributed by atoms with van der Waals surface area (Å²) < 4.78 is 5.22. The van der Waals surface area contributed by atoms with Crippen LogP contribution in [0, 0.1) is 0 Å². The minimum absolute atomic E-state index is 0.0360. The lowest BCUT2D eigenvalue weighted by Gasteiger charge is -2.33. The van der Waals surface area contributed by atoms with Crippen molar-refractivity contribution in [2.75, 3.05) is 31.5 Å². The summed E-state index contributed by atoms with van der Waals surface area (Å²) in [4.78, 5) is 35.6. The standard InChI is InChI=1S/C16H19N5O3/c1-12(22)20-4-6-21(7-5-20)16(23)14-10-19-15(11-17-14)18-9-13-3-2-8-24-13/h2-3,8,10-11H,4-7,9H2,1H3,(H,18,19). The maximum atomic E-state index is 12.4. The molecule has 2 aromatic rings. The van der Waals surface area contributed by atoms with E-state index in [1.807, 2.05) is 12.1 Å². The van der Waals surface area contributed by atoms with E-state index >= 15 is 0 Å². The van der Waals surface area contributed by atoms with Crippen molar-refractivity contribution in [3.63, 3.8) is 0 Å². The summed E-state index contributed by atoms with van der Waals surface area (Å²) in [7, 11) is 0. The number of furan rings is 1. The Morgan fingerprint density at radius 2 is 1.92 bits per heavy atom. The fourth-order valence-corrected chi connectivity index (χ4v) is 2.51. The number of rotatable bonds is 4. The van der Waals surface area contributed by atoms with Gasteiger partial charge in [-0.3, -0.25) is 9.59 Å². The molecule has 3 rings (SSSR count). The van der Waals surface area contributed by atoms with E-state index in [0.717, 1.165) is 5.76 Å². The highest BCUT2D eigenvalue weighted by Gasteiger charge is 2.24. The molecule has 1 fully saturated rings. The lowest BCUT2D eigenvalue weighted by molar-refractivity contribution is -0.130. The van der Waals surface area contributed by atoms with Crippen LogP contribution in [0.4, 0.5) is 5.82 Å². The molecule has 0 unspecified atom stereocenters. The van der Waals surface area contributed by atoms with Crippen LogP contribution in [0.25, 0.3) is 0 Å². The van der Waals surface area contributed by atoms with E-state index in [-0.39, 0.29) is 11.8 Å². The minimum Gasteiger partial charge on any atom is -0.467 e. The maximum absolute atomic E-state index is 12.4. The number of anilines is 1. The highest BCUT2D eigenvalue weighted by molar-refractivity contribution is 5.92. The van der Waals surface area contributed by atoms with Crippen LogP contribution in [-0.4, -0.2) is 57.8 Å². The molecule has 0 aliphatic carbocycles. The Hall–Kier alpha value is -2.90. The van der Waals surface area contributed by atoms with Gasteiger partial charge in [-0.05, 0) is 12.1 Å². The van der Waals surface area contributed by atoms with Gasteiger partial charge in [0.1, 0.15) is 17.3 Å². The van der Waals surface area contributed by atoms with Gasteiger partial charge in [0, 0.05) is 33.1 Å². The Bertz CT molecular complexity index is 691. The van der Waals surface area contributed by atoms with Crippen molar-refractivity contribution in [2.24, 2.45) is 0 Å². The Balaban J connectivity index is 1.55. The minimum atomic E-state index is -0.164. The molecule has 0 bridgehead atoms. The molecule has 1 aliphatic rings. The average molecular weight is 329 g/mol. The summed E-state index contributed by atoms with van der Waals surface area (Å²) in [5, 5.41) is 3.07. The third-order valence-electron chi connectivity index (χ3n) is 3.91. The van der Waals surface area contributed by atoms with Crippen molar-refractivity contribution in [2.45, 2.75) is 13.5 Å². The number of aromatic nitrogens is 2. The number of carbonyl (C=O) groups excluding carboxylic acids is 2. The van der Waals surface area contributed by atoms with Gasteiger partial charge in [0.15, 0.2) is 0 Å². The number of nitrogens with one attached hydrogen (secondary N) is 1. The maximum Gasteiger partial charge on any atom is 0.274 e. The molecule has 0 spiro atoms. The highest BCUT2D eigenvalue weighted by Crippen LogP contribution is 2.09. The fraction of sp³-hybridized carbons (Fsp3) is 0.375. The number of piperazine rings is 1. The summed E-state index contributed by atoms with van der Waals surface area (Å²) in [6.07, 6.45) is 4.60. The van der Waals surface area contributed by atoms with E-state index in [1.54, 1.807) is 16.1 Å². The third kappa shape index (κ3) is 3.70. The molecule has 0 aromatic carbocycles. The molecule has 0 atom stereocenters. The first-order chi connectivity index (χ1) is 11.6. The molecule has 2 amide bonds. The summed E-state index contributed by atoms with van der Waals surface area (Å²) in [5.41, 5.74) is 0.301.